The number of ether oxygens (including phenoxy) is 1. The molecule has 2 N–H and O–H groups in total. The molecular weight excluding hydrogens is 258 g/mol. The first-order valence-corrected chi connectivity index (χ1v) is 7.74. The van der Waals surface area contributed by atoms with Crippen molar-refractivity contribution in [3.05, 3.63) is 66.2 Å². The highest BCUT2D eigenvalue weighted by Gasteiger charge is 2.28. The van der Waals surface area contributed by atoms with Gasteiger partial charge in [0.1, 0.15) is 5.75 Å². The fourth-order valence-electron chi connectivity index (χ4n) is 2.80. The zero-order valence-corrected chi connectivity index (χ0v) is 12.8. The Hall–Kier alpha value is -1.80. The van der Waals surface area contributed by atoms with Gasteiger partial charge in [0.25, 0.3) is 0 Å². The summed E-state index contributed by atoms with van der Waals surface area (Å²) in [6.45, 7) is 3.63. The summed E-state index contributed by atoms with van der Waals surface area (Å²) in [5, 5.41) is 0. The van der Waals surface area contributed by atoms with E-state index in [2.05, 4.69) is 37.3 Å². The van der Waals surface area contributed by atoms with E-state index in [0.717, 1.165) is 31.6 Å². The Balaban J connectivity index is 1.92. The lowest BCUT2D eigenvalue weighted by molar-refractivity contribution is 0.276. The van der Waals surface area contributed by atoms with E-state index >= 15 is 0 Å². The van der Waals surface area contributed by atoms with Crippen molar-refractivity contribution in [3.8, 4) is 5.75 Å². The van der Waals surface area contributed by atoms with Gasteiger partial charge in [-0.05, 0) is 37.0 Å². The van der Waals surface area contributed by atoms with Gasteiger partial charge in [0.05, 0.1) is 6.61 Å². The molecule has 1 atom stereocenters. The summed E-state index contributed by atoms with van der Waals surface area (Å²) in [7, 11) is 0. The number of hydrogen-bond donors (Lipinski definition) is 1. The van der Waals surface area contributed by atoms with E-state index in [0.29, 0.717) is 6.54 Å². The lowest BCUT2D eigenvalue weighted by Crippen LogP contribution is -2.35. The number of benzene rings is 2. The summed E-state index contributed by atoms with van der Waals surface area (Å²) < 4.78 is 5.79. The second-order valence-electron chi connectivity index (χ2n) is 5.47. The maximum atomic E-state index is 6.10. The maximum absolute atomic E-state index is 6.10. The van der Waals surface area contributed by atoms with E-state index in [1.165, 1.54) is 5.56 Å². The van der Waals surface area contributed by atoms with Gasteiger partial charge in [-0.25, -0.2) is 0 Å². The molecule has 112 valence electrons. The molecule has 2 aromatic carbocycles. The maximum Gasteiger partial charge on any atom is 0.119 e. The molecule has 21 heavy (non-hydrogen) atoms. The molecule has 0 bridgehead atoms. The van der Waals surface area contributed by atoms with E-state index in [1.54, 1.807) is 0 Å². The predicted molar refractivity (Wildman–Crippen MR) is 88.6 cm³/mol. The van der Waals surface area contributed by atoms with Gasteiger partial charge in [-0.3, -0.25) is 0 Å². The Morgan fingerprint density at radius 1 is 0.952 bits per heavy atom. The minimum Gasteiger partial charge on any atom is -0.494 e. The molecule has 0 fully saturated rings. The molecule has 0 aliphatic carbocycles. The Kier molecular flexibility index (Phi) is 5.82. The van der Waals surface area contributed by atoms with Gasteiger partial charge in [-0.2, -0.15) is 0 Å². The standard InChI is InChI=1S/C19H25NO/c1-2-19(16-20,17-10-5-3-6-11-17)14-9-15-21-18-12-7-4-8-13-18/h3-8,10-13H,2,9,14-16,20H2,1H3. The van der Waals surface area contributed by atoms with Gasteiger partial charge in [0, 0.05) is 12.0 Å². The second-order valence-corrected chi connectivity index (χ2v) is 5.47. The van der Waals surface area contributed by atoms with Gasteiger partial charge in [0.2, 0.25) is 0 Å². The molecule has 0 aliphatic heterocycles. The highest BCUT2D eigenvalue weighted by Crippen LogP contribution is 2.32. The third-order valence-corrected chi connectivity index (χ3v) is 4.27. The number of nitrogens with two attached hydrogens (primary N) is 1. The van der Waals surface area contributed by atoms with Crippen LogP contribution in [0.25, 0.3) is 0 Å². The molecule has 0 heterocycles. The Morgan fingerprint density at radius 3 is 2.14 bits per heavy atom. The molecule has 0 saturated carbocycles. The number of rotatable bonds is 8. The number of hydrogen-bond acceptors (Lipinski definition) is 2. The van der Waals surface area contributed by atoms with Crippen LogP contribution in [-0.2, 0) is 5.41 Å². The third kappa shape index (κ3) is 4.08. The average molecular weight is 283 g/mol. The lowest BCUT2D eigenvalue weighted by Gasteiger charge is -2.32. The zero-order chi connectivity index (χ0) is 15.0. The van der Waals surface area contributed by atoms with Crippen molar-refractivity contribution < 1.29 is 4.74 Å². The van der Waals surface area contributed by atoms with Crippen LogP contribution in [0.1, 0.15) is 31.7 Å². The van der Waals surface area contributed by atoms with Crippen molar-refractivity contribution >= 4 is 0 Å². The van der Waals surface area contributed by atoms with Crippen LogP contribution in [0.3, 0.4) is 0 Å². The molecular formula is C19H25NO. The van der Waals surface area contributed by atoms with Gasteiger partial charge in [-0.15, -0.1) is 0 Å². The SMILES string of the molecule is CCC(CN)(CCCOc1ccccc1)c1ccccc1. The van der Waals surface area contributed by atoms with Crippen LogP contribution < -0.4 is 10.5 Å². The van der Waals surface area contributed by atoms with Crippen molar-refractivity contribution in [2.24, 2.45) is 5.73 Å². The van der Waals surface area contributed by atoms with Crippen LogP contribution in [-0.4, -0.2) is 13.2 Å². The zero-order valence-electron chi connectivity index (χ0n) is 12.8. The van der Waals surface area contributed by atoms with Gasteiger partial charge >= 0.3 is 0 Å². The minimum absolute atomic E-state index is 0.0707. The normalized spacial score (nSPS) is 13.6. The van der Waals surface area contributed by atoms with Crippen molar-refractivity contribution in [2.45, 2.75) is 31.6 Å². The van der Waals surface area contributed by atoms with Crippen LogP contribution in [0.5, 0.6) is 5.75 Å². The lowest BCUT2D eigenvalue weighted by atomic mass is 9.74. The van der Waals surface area contributed by atoms with Gasteiger partial charge < -0.3 is 10.5 Å². The minimum atomic E-state index is 0.0707. The second kappa shape index (κ2) is 7.84. The Morgan fingerprint density at radius 2 is 1.57 bits per heavy atom. The summed E-state index contributed by atoms with van der Waals surface area (Å²) in [5.74, 6) is 0.937. The van der Waals surface area contributed by atoms with Crippen molar-refractivity contribution in [1.82, 2.24) is 0 Å². The highest BCUT2D eigenvalue weighted by atomic mass is 16.5. The fraction of sp³-hybridized carbons (Fsp3) is 0.368. The first-order valence-electron chi connectivity index (χ1n) is 7.74. The molecule has 2 rings (SSSR count). The van der Waals surface area contributed by atoms with Gasteiger partial charge in [0.15, 0.2) is 0 Å². The molecule has 0 aromatic heterocycles. The van der Waals surface area contributed by atoms with E-state index in [4.69, 9.17) is 10.5 Å². The van der Waals surface area contributed by atoms with Crippen molar-refractivity contribution in [2.75, 3.05) is 13.2 Å². The van der Waals surface area contributed by atoms with Crippen LogP contribution in [0.4, 0.5) is 0 Å². The molecule has 0 saturated heterocycles. The Bertz CT molecular complexity index is 506. The summed E-state index contributed by atoms with van der Waals surface area (Å²) in [4.78, 5) is 0. The van der Waals surface area contributed by atoms with Crippen LogP contribution in [0, 0.1) is 0 Å². The molecule has 2 aromatic rings. The first kappa shape index (κ1) is 15.6. The quantitative estimate of drug-likeness (QED) is 0.739. The largest absolute Gasteiger partial charge is 0.494 e. The van der Waals surface area contributed by atoms with Gasteiger partial charge in [-0.1, -0.05) is 55.5 Å². The monoisotopic (exact) mass is 283 g/mol. The summed E-state index contributed by atoms with van der Waals surface area (Å²) in [5.41, 5.74) is 7.52. The molecule has 0 aliphatic rings. The third-order valence-electron chi connectivity index (χ3n) is 4.27. The molecule has 0 spiro atoms. The first-order chi connectivity index (χ1) is 10.3. The van der Waals surface area contributed by atoms with Crippen molar-refractivity contribution in [3.63, 3.8) is 0 Å². The van der Waals surface area contributed by atoms with E-state index < -0.39 is 0 Å². The predicted octanol–water partition coefficient (Wildman–Crippen LogP) is 4.15. The topological polar surface area (TPSA) is 35.2 Å². The van der Waals surface area contributed by atoms with E-state index in [-0.39, 0.29) is 5.41 Å². The summed E-state index contributed by atoms with van der Waals surface area (Å²) in [6, 6.07) is 20.6. The average Bonchev–Trinajstić information content (AvgIpc) is 2.57. The molecule has 0 amide bonds. The highest BCUT2D eigenvalue weighted by molar-refractivity contribution is 5.26. The molecule has 1 unspecified atom stereocenters. The summed E-state index contributed by atoms with van der Waals surface area (Å²) in [6.07, 6.45) is 3.12. The van der Waals surface area contributed by atoms with Crippen LogP contribution >= 0.6 is 0 Å². The summed E-state index contributed by atoms with van der Waals surface area (Å²) >= 11 is 0. The van der Waals surface area contributed by atoms with Crippen LogP contribution in [0.2, 0.25) is 0 Å². The van der Waals surface area contributed by atoms with E-state index in [9.17, 15) is 0 Å². The number of para-hydroxylation sites is 1. The smallest absolute Gasteiger partial charge is 0.119 e. The Labute approximate surface area is 127 Å². The van der Waals surface area contributed by atoms with Crippen molar-refractivity contribution in [1.29, 1.82) is 0 Å². The molecule has 2 nitrogen and oxygen atoms in total. The van der Waals surface area contributed by atoms with Crippen LogP contribution in [0.15, 0.2) is 60.7 Å². The van der Waals surface area contributed by atoms with E-state index in [1.807, 2.05) is 30.3 Å². The molecule has 0 radical (unpaired) electrons. The molecule has 2 heteroatoms. The fourth-order valence-corrected chi connectivity index (χ4v) is 2.80.